The van der Waals surface area contributed by atoms with Gasteiger partial charge < -0.3 is 10.4 Å². The summed E-state index contributed by atoms with van der Waals surface area (Å²) in [4.78, 5) is 12.6. The number of fused-ring (bicyclic) bond motifs is 1. The predicted molar refractivity (Wildman–Crippen MR) is 70.9 cm³/mol. The molecule has 0 aromatic carbocycles. The molecule has 0 aliphatic heterocycles. The van der Waals surface area contributed by atoms with Crippen LogP contribution in [0.25, 0.3) is 22.4 Å². The fourth-order valence-electron chi connectivity index (χ4n) is 1.93. The van der Waals surface area contributed by atoms with Crippen LogP contribution in [-0.2, 0) is 0 Å². The maximum absolute atomic E-state index is 10.3. The molecular weight excluding hydrogens is 244 g/mol. The summed E-state index contributed by atoms with van der Waals surface area (Å²) < 4.78 is 0. The largest absolute Gasteiger partial charge is 0.504 e. The van der Waals surface area contributed by atoms with Crippen LogP contribution in [0.4, 0.5) is 5.69 Å². The molecule has 3 aromatic heterocycles. The molecule has 0 spiro atoms. The van der Waals surface area contributed by atoms with Gasteiger partial charge in [-0.2, -0.15) is 5.10 Å². The Morgan fingerprint density at radius 2 is 2.16 bits per heavy atom. The Hall–Kier alpha value is -2.70. The molecule has 3 N–H and O–H groups in total. The van der Waals surface area contributed by atoms with Crippen molar-refractivity contribution in [3.63, 3.8) is 0 Å². The van der Waals surface area contributed by atoms with E-state index in [1.165, 1.54) is 0 Å². The minimum Gasteiger partial charge on any atom is -0.504 e. The summed E-state index contributed by atoms with van der Waals surface area (Å²) in [5.74, 6) is 0.996. The molecule has 3 rings (SSSR count). The van der Waals surface area contributed by atoms with Gasteiger partial charge in [0, 0.05) is 30.5 Å². The Bertz CT molecular complexity index is 751. The summed E-state index contributed by atoms with van der Waals surface area (Å²) in [5, 5.41) is 20.8. The first-order valence-electron chi connectivity index (χ1n) is 5.74. The highest BCUT2D eigenvalue weighted by atomic mass is 16.3. The summed E-state index contributed by atoms with van der Waals surface area (Å²) in [6.45, 7) is 1.78. The Morgan fingerprint density at radius 1 is 1.32 bits per heavy atom. The third-order valence-corrected chi connectivity index (χ3v) is 2.84. The molecule has 19 heavy (non-hydrogen) atoms. The molecular formula is C12H12N6O. The lowest BCUT2D eigenvalue weighted by molar-refractivity contribution is 0.479. The van der Waals surface area contributed by atoms with Gasteiger partial charge in [0.2, 0.25) is 5.82 Å². The number of aromatic hydroxyl groups is 1. The van der Waals surface area contributed by atoms with Crippen LogP contribution in [0, 0.1) is 6.92 Å². The molecule has 0 amide bonds. The first-order chi connectivity index (χ1) is 9.20. The van der Waals surface area contributed by atoms with Gasteiger partial charge in [-0.3, -0.25) is 10.1 Å². The van der Waals surface area contributed by atoms with Gasteiger partial charge in [-0.25, -0.2) is 9.97 Å². The molecule has 0 radical (unpaired) electrons. The third kappa shape index (κ3) is 1.75. The second kappa shape index (κ2) is 4.20. The van der Waals surface area contributed by atoms with Crippen LogP contribution in [0.3, 0.4) is 0 Å². The van der Waals surface area contributed by atoms with Gasteiger partial charge in [0.15, 0.2) is 11.4 Å². The van der Waals surface area contributed by atoms with Crippen LogP contribution < -0.4 is 5.32 Å². The van der Waals surface area contributed by atoms with Gasteiger partial charge in [0.25, 0.3) is 0 Å². The number of nitrogens with zero attached hydrogens (tertiary/aromatic N) is 4. The highest BCUT2D eigenvalue weighted by Gasteiger charge is 2.16. The van der Waals surface area contributed by atoms with E-state index in [2.05, 4.69) is 30.5 Å². The topological polar surface area (TPSA) is 99.6 Å². The lowest BCUT2D eigenvalue weighted by atomic mass is 10.2. The molecule has 3 aromatic rings. The minimum absolute atomic E-state index is 0.0198. The van der Waals surface area contributed by atoms with E-state index in [1.807, 2.05) is 6.07 Å². The minimum atomic E-state index is -0.0198. The van der Waals surface area contributed by atoms with Crippen LogP contribution in [-0.4, -0.2) is 37.3 Å². The van der Waals surface area contributed by atoms with Crippen molar-refractivity contribution < 1.29 is 5.11 Å². The van der Waals surface area contributed by atoms with Crippen molar-refractivity contribution in [2.75, 3.05) is 12.4 Å². The van der Waals surface area contributed by atoms with Gasteiger partial charge in [-0.15, -0.1) is 0 Å². The summed E-state index contributed by atoms with van der Waals surface area (Å²) in [6.07, 6.45) is 3.27. The maximum Gasteiger partial charge on any atom is 0.203 e. The number of pyridine rings is 2. The van der Waals surface area contributed by atoms with E-state index in [-0.39, 0.29) is 5.75 Å². The zero-order valence-electron chi connectivity index (χ0n) is 10.5. The number of aromatic nitrogens is 5. The third-order valence-electron chi connectivity index (χ3n) is 2.84. The lowest BCUT2D eigenvalue weighted by Gasteiger charge is -2.07. The van der Waals surface area contributed by atoms with Crippen LogP contribution in [0.2, 0.25) is 0 Å². The Morgan fingerprint density at radius 3 is 2.84 bits per heavy atom. The van der Waals surface area contributed by atoms with Gasteiger partial charge in [0.05, 0.1) is 0 Å². The zero-order chi connectivity index (χ0) is 13.4. The summed E-state index contributed by atoms with van der Waals surface area (Å²) in [6, 6.07) is 1.82. The molecule has 96 valence electrons. The Kier molecular flexibility index (Phi) is 2.52. The average molecular weight is 256 g/mol. The van der Waals surface area contributed by atoms with Crippen LogP contribution in [0.15, 0.2) is 18.5 Å². The van der Waals surface area contributed by atoms with E-state index in [1.54, 1.807) is 26.4 Å². The SMILES string of the molecule is CNc1ccnc2c(O)c(-c3n[nH]c(C)n3)ncc12. The van der Waals surface area contributed by atoms with Gasteiger partial charge >= 0.3 is 0 Å². The Labute approximate surface area is 108 Å². The number of hydrogen-bond donors (Lipinski definition) is 3. The number of anilines is 1. The van der Waals surface area contributed by atoms with E-state index in [0.29, 0.717) is 22.9 Å². The van der Waals surface area contributed by atoms with Crippen molar-refractivity contribution in [3.05, 3.63) is 24.3 Å². The van der Waals surface area contributed by atoms with Crippen molar-refractivity contribution in [1.29, 1.82) is 0 Å². The van der Waals surface area contributed by atoms with E-state index in [0.717, 1.165) is 11.1 Å². The molecule has 7 heteroatoms. The van der Waals surface area contributed by atoms with E-state index in [4.69, 9.17) is 0 Å². The molecule has 0 saturated heterocycles. The highest BCUT2D eigenvalue weighted by Crippen LogP contribution is 2.33. The second-order valence-corrected chi connectivity index (χ2v) is 4.07. The molecule has 3 heterocycles. The molecule has 7 nitrogen and oxygen atoms in total. The lowest BCUT2D eigenvalue weighted by Crippen LogP contribution is -1.94. The smallest absolute Gasteiger partial charge is 0.203 e. The first-order valence-corrected chi connectivity index (χ1v) is 5.74. The average Bonchev–Trinajstić information content (AvgIpc) is 2.85. The predicted octanol–water partition coefficient (Wildman–Crippen LogP) is 1.47. The van der Waals surface area contributed by atoms with Crippen LogP contribution >= 0.6 is 0 Å². The quantitative estimate of drug-likeness (QED) is 0.642. The standard InChI is InChI=1S/C12H12N6O/c1-6-16-12(18-17-6)10-11(19)9-7(5-15-10)8(13-2)3-4-14-9/h3-5,19H,1-2H3,(H,13,14)(H,16,17,18). The van der Waals surface area contributed by atoms with Crippen LogP contribution in [0.5, 0.6) is 5.75 Å². The molecule has 0 saturated carbocycles. The van der Waals surface area contributed by atoms with Crippen molar-refractivity contribution in [1.82, 2.24) is 25.1 Å². The summed E-state index contributed by atoms with van der Waals surface area (Å²) >= 11 is 0. The monoisotopic (exact) mass is 256 g/mol. The number of hydrogen-bond acceptors (Lipinski definition) is 6. The molecule has 0 aliphatic rings. The number of aromatic amines is 1. The molecule has 0 atom stereocenters. The molecule has 0 aliphatic carbocycles. The van der Waals surface area contributed by atoms with Crippen molar-refractivity contribution in [2.24, 2.45) is 0 Å². The fourth-order valence-corrected chi connectivity index (χ4v) is 1.93. The number of rotatable bonds is 2. The number of aryl methyl sites for hydroxylation is 1. The molecule has 0 fully saturated rings. The summed E-state index contributed by atoms with van der Waals surface area (Å²) in [5.41, 5.74) is 1.64. The Balaban J connectivity index is 2.27. The first kappa shape index (κ1) is 11.4. The van der Waals surface area contributed by atoms with Crippen molar-refractivity contribution in [3.8, 4) is 17.3 Å². The maximum atomic E-state index is 10.3. The highest BCUT2D eigenvalue weighted by molar-refractivity contribution is 5.96. The van der Waals surface area contributed by atoms with E-state index < -0.39 is 0 Å². The summed E-state index contributed by atoms with van der Waals surface area (Å²) in [7, 11) is 1.80. The van der Waals surface area contributed by atoms with Crippen LogP contribution in [0.1, 0.15) is 5.82 Å². The van der Waals surface area contributed by atoms with E-state index in [9.17, 15) is 5.11 Å². The second-order valence-electron chi connectivity index (χ2n) is 4.07. The van der Waals surface area contributed by atoms with Gasteiger partial charge in [0.1, 0.15) is 11.3 Å². The normalized spacial score (nSPS) is 10.8. The van der Waals surface area contributed by atoms with E-state index >= 15 is 0 Å². The van der Waals surface area contributed by atoms with Gasteiger partial charge in [-0.05, 0) is 13.0 Å². The zero-order valence-corrected chi connectivity index (χ0v) is 10.5. The fraction of sp³-hybridized carbons (Fsp3) is 0.167. The number of nitrogens with one attached hydrogen (secondary N) is 2. The van der Waals surface area contributed by atoms with Crippen molar-refractivity contribution >= 4 is 16.6 Å². The molecule has 0 unspecified atom stereocenters. The van der Waals surface area contributed by atoms with Crippen molar-refractivity contribution in [2.45, 2.75) is 6.92 Å². The number of H-pyrrole nitrogens is 1. The van der Waals surface area contributed by atoms with Gasteiger partial charge in [-0.1, -0.05) is 0 Å². The molecule has 0 bridgehead atoms.